The van der Waals surface area contributed by atoms with Gasteiger partial charge in [-0.1, -0.05) is 11.8 Å². The lowest BCUT2D eigenvalue weighted by atomic mass is 10.1. The lowest BCUT2D eigenvalue weighted by Gasteiger charge is -2.23. The topological polar surface area (TPSA) is 45.0 Å². The second-order valence-electron chi connectivity index (χ2n) is 3.98. The van der Waals surface area contributed by atoms with Crippen molar-refractivity contribution in [3.05, 3.63) is 16.0 Å². The Morgan fingerprint density at radius 2 is 2.12 bits per heavy atom. The van der Waals surface area contributed by atoms with E-state index < -0.39 is 0 Å². The van der Waals surface area contributed by atoms with Crippen LogP contribution in [-0.4, -0.2) is 34.6 Å². The highest BCUT2D eigenvalue weighted by Crippen LogP contribution is 2.40. The van der Waals surface area contributed by atoms with Crippen LogP contribution in [0.15, 0.2) is 9.98 Å². The third kappa shape index (κ3) is 1.47. The van der Waals surface area contributed by atoms with Crippen LogP contribution < -0.4 is 0 Å². The van der Waals surface area contributed by atoms with Gasteiger partial charge in [0.1, 0.15) is 17.4 Å². The normalized spacial score (nSPS) is 17.8. The van der Waals surface area contributed by atoms with E-state index in [-0.39, 0.29) is 5.91 Å². The molecule has 0 bridgehead atoms. The van der Waals surface area contributed by atoms with Gasteiger partial charge in [-0.25, -0.2) is 4.99 Å². The van der Waals surface area contributed by atoms with Crippen LogP contribution in [0.25, 0.3) is 0 Å². The Kier molecular flexibility index (Phi) is 2.38. The highest BCUT2D eigenvalue weighted by Gasteiger charge is 2.35. The molecule has 0 radical (unpaired) electrons. The Balaban J connectivity index is 2.27. The fourth-order valence-electron chi connectivity index (χ4n) is 2.03. The van der Waals surface area contributed by atoms with Crippen molar-refractivity contribution in [2.24, 2.45) is 9.98 Å². The molecule has 1 amide bonds. The average Bonchev–Trinajstić information content (AvgIpc) is 2.79. The zero-order valence-electron chi connectivity index (χ0n) is 9.77. The summed E-state index contributed by atoms with van der Waals surface area (Å²) in [7, 11) is 0. The fourth-order valence-corrected chi connectivity index (χ4v) is 3.66. The minimum absolute atomic E-state index is 0.0853. The number of nitrogens with zero attached hydrogens (tertiary/aromatic N) is 3. The molecule has 0 N–H and O–H groups in total. The number of aryl methyl sites for hydroxylation is 1. The van der Waals surface area contributed by atoms with Crippen molar-refractivity contribution < 1.29 is 4.79 Å². The molecule has 0 spiro atoms. The molecule has 0 saturated heterocycles. The molecule has 0 aromatic carbocycles. The largest absolute Gasteiger partial charge is 0.295 e. The van der Waals surface area contributed by atoms with Crippen LogP contribution in [0.1, 0.15) is 16.0 Å². The van der Waals surface area contributed by atoms with Crippen LogP contribution in [0.3, 0.4) is 0 Å². The first-order valence-electron chi connectivity index (χ1n) is 5.24. The summed E-state index contributed by atoms with van der Waals surface area (Å²) >= 11 is 3.22. The number of thioether (sulfide) groups is 1. The van der Waals surface area contributed by atoms with Crippen molar-refractivity contribution in [3.8, 4) is 0 Å². The van der Waals surface area contributed by atoms with Crippen LogP contribution in [0.5, 0.6) is 0 Å². The van der Waals surface area contributed by atoms with Crippen molar-refractivity contribution in [1.29, 1.82) is 0 Å². The first kappa shape index (κ1) is 11.0. The summed E-state index contributed by atoms with van der Waals surface area (Å²) in [6, 6.07) is 0. The zero-order chi connectivity index (χ0) is 12.2. The minimum Gasteiger partial charge on any atom is -0.295 e. The van der Waals surface area contributed by atoms with E-state index in [0.717, 1.165) is 21.6 Å². The van der Waals surface area contributed by atoms with Crippen LogP contribution in [0, 0.1) is 13.8 Å². The van der Waals surface area contributed by atoms with Gasteiger partial charge in [0, 0.05) is 4.88 Å². The molecule has 3 heterocycles. The minimum atomic E-state index is -0.0853. The van der Waals surface area contributed by atoms with Gasteiger partial charge in [-0.15, -0.1) is 11.3 Å². The predicted molar refractivity (Wildman–Crippen MR) is 72.7 cm³/mol. The second kappa shape index (κ2) is 3.68. The van der Waals surface area contributed by atoms with Gasteiger partial charge in [-0.3, -0.25) is 9.69 Å². The average molecular weight is 265 g/mol. The first-order chi connectivity index (χ1) is 8.11. The standard InChI is InChI=1S/C11H11N3OS2/c1-5-6(2)17-10-8(5)9-12-7(15)4-14(9)11(13-10)16-3/h4H2,1-3H3. The van der Waals surface area contributed by atoms with Crippen molar-refractivity contribution in [2.75, 3.05) is 12.8 Å². The molecule has 2 aliphatic rings. The number of thiophene rings is 1. The number of rotatable bonds is 0. The van der Waals surface area contributed by atoms with Crippen molar-refractivity contribution in [1.82, 2.24) is 4.90 Å². The number of aliphatic imine (C=N–C) groups is 2. The Bertz CT molecular complexity index is 586. The Hall–Kier alpha value is -1.14. The zero-order valence-corrected chi connectivity index (χ0v) is 11.4. The Morgan fingerprint density at radius 3 is 2.82 bits per heavy atom. The summed E-state index contributed by atoms with van der Waals surface area (Å²) in [5.41, 5.74) is 2.23. The maximum atomic E-state index is 11.5. The molecule has 0 atom stereocenters. The van der Waals surface area contributed by atoms with Crippen molar-refractivity contribution in [2.45, 2.75) is 13.8 Å². The van der Waals surface area contributed by atoms with E-state index >= 15 is 0 Å². The number of carbonyl (C=O) groups is 1. The highest BCUT2D eigenvalue weighted by atomic mass is 32.2. The second-order valence-corrected chi connectivity index (χ2v) is 5.95. The summed E-state index contributed by atoms with van der Waals surface area (Å²) in [6.07, 6.45) is 1.97. The third-order valence-electron chi connectivity index (χ3n) is 2.98. The van der Waals surface area contributed by atoms with Crippen LogP contribution >= 0.6 is 23.1 Å². The van der Waals surface area contributed by atoms with E-state index in [0.29, 0.717) is 6.54 Å². The molecule has 0 saturated carbocycles. The quantitative estimate of drug-likeness (QED) is 0.723. The van der Waals surface area contributed by atoms with Crippen molar-refractivity contribution >= 4 is 45.0 Å². The molecular weight excluding hydrogens is 254 g/mol. The molecule has 1 aromatic heterocycles. The summed E-state index contributed by atoms with van der Waals surface area (Å²) < 4.78 is 0. The monoisotopic (exact) mass is 265 g/mol. The summed E-state index contributed by atoms with van der Waals surface area (Å²) in [5, 5.41) is 1.84. The van der Waals surface area contributed by atoms with Crippen LogP contribution in [0.2, 0.25) is 0 Å². The number of carbonyl (C=O) groups excluding carboxylic acids is 1. The predicted octanol–water partition coefficient (Wildman–Crippen LogP) is 2.32. The number of amides is 1. The van der Waals surface area contributed by atoms with Gasteiger partial charge in [0.05, 0.1) is 5.56 Å². The van der Waals surface area contributed by atoms with E-state index in [1.54, 1.807) is 23.1 Å². The van der Waals surface area contributed by atoms with E-state index in [1.807, 2.05) is 11.2 Å². The molecule has 0 fully saturated rings. The fraction of sp³-hybridized carbons (Fsp3) is 0.364. The molecule has 4 nitrogen and oxygen atoms in total. The van der Waals surface area contributed by atoms with E-state index in [4.69, 9.17) is 0 Å². The molecule has 3 rings (SSSR count). The molecule has 6 heteroatoms. The number of fused-ring (bicyclic) bond motifs is 3. The molecule has 1 aromatic rings. The van der Waals surface area contributed by atoms with Gasteiger partial charge in [-0.2, -0.15) is 4.99 Å². The van der Waals surface area contributed by atoms with E-state index in [1.165, 1.54) is 10.4 Å². The van der Waals surface area contributed by atoms with Gasteiger partial charge in [0.15, 0.2) is 5.17 Å². The summed E-state index contributed by atoms with van der Waals surface area (Å²) in [5.74, 6) is 0.698. The van der Waals surface area contributed by atoms with E-state index in [2.05, 4.69) is 23.8 Å². The molecular formula is C11H11N3OS2. The van der Waals surface area contributed by atoms with Crippen LogP contribution in [-0.2, 0) is 4.79 Å². The molecule has 17 heavy (non-hydrogen) atoms. The van der Waals surface area contributed by atoms with Gasteiger partial charge >= 0.3 is 0 Å². The first-order valence-corrected chi connectivity index (χ1v) is 7.28. The van der Waals surface area contributed by atoms with Gasteiger partial charge < -0.3 is 0 Å². The van der Waals surface area contributed by atoms with E-state index in [9.17, 15) is 4.79 Å². The highest BCUT2D eigenvalue weighted by molar-refractivity contribution is 8.13. The molecule has 2 aliphatic heterocycles. The maximum absolute atomic E-state index is 11.5. The third-order valence-corrected chi connectivity index (χ3v) is 4.76. The Labute approximate surface area is 107 Å². The lowest BCUT2D eigenvalue weighted by molar-refractivity contribution is -0.116. The summed E-state index contributed by atoms with van der Waals surface area (Å²) in [4.78, 5) is 23.4. The number of hydrogen-bond donors (Lipinski definition) is 0. The van der Waals surface area contributed by atoms with Crippen molar-refractivity contribution in [3.63, 3.8) is 0 Å². The van der Waals surface area contributed by atoms with Crippen LogP contribution in [0.4, 0.5) is 5.00 Å². The molecule has 0 unspecified atom stereocenters. The van der Waals surface area contributed by atoms with Gasteiger partial charge in [0.2, 0.25) is 0 Å². The molecule has 88 valence electrons. The van der Waals surface area contributed by atoms with Gasteiger partial charge in [-0.05, 0) is 25.7 Å². The maximum Gasteiger partial charge on any atom is 0.267 e. The Morgan fingerprint density at radius 1 is 1.35 bits per heavy atom. The lowest BCUT2D eigenvalue weighted by Crippen LogP contribution is -2.35. The van der Waals surface area contributed by atoms with Gasteiger partial charge in [0.25, 0.3) is 5.91 Å². The number of amidine groups is 2. The number of hydrogen-bond acceptors (Lipinski definition) is 5. The summed E-state index contributed by atoms with van der Waals surface area (Å²) in [6.45, 7) is 4.46. The molecule has 0 aliphatic carbocycles. The SMILES string of the molecule is CSC1=Nc2sc(C)c(C)c2C2=NC(=O)CN12. The smallest absolute Gasteiger partial charge is 0.267 e.